The van der Waals surface area contributed by atoms with Crippen molar-refractivity contribution in [3.8, 4) is 5.75 Å². The van der Waals surface area contributed by atoms with Gasteiger partial charge in [0.15, 0.2) is 5.78 Å². The van der Waals surface area contributed by atoms with Crippen LogP contribution in [0.4, 0.5) is 0 Å². The van der Waals surface area contributed by atoms with Crippen LogP contribution >= 0.6 is 0 Å². The van der Waals surface area contributed by atoms with E-state index in [0.717, 1.165) is 0 Å². The van der Waals surface area contributed by atoms with Gasteiger partial charge in [-0.2, -0.15) is 0 Å². The fourth-order valence-electron chi connectivity index (χ4n) is 1.56. The summed E-state index contributed by atoms with van der Waals surface area (Å²) in [5, 5.41) is 0. The van der Waals surface area contributed by atoms with Crippen LogP contribution in [0.25, 0.3) is 0 Å². The van der Waals surface area contributed by atoms with Gasteiger partial charge in [0.05, 0.1) is 13.2 Å². The maximum atomic E-state index is 11.8. The first-order chi connectivity index (χ1) is 8.63. The molecule has 18 heavy (non-hydrogen) atoms. The first kappa shape index (κ1) is 14.2. The number of Topliss-reactive ketones (excluding diaryl/α,β-unsaturated/α-hetero) is 1. The summed E-state index contributed by atoms with van der Waals surface area (Å²) in [5.41, 5.74) is 0.807. The van der Waals surface area contributed by atoms with E-state index in [2.05, 4.69) is 0 Å². The minimum Gasteiger partial charge on any atom is -0.493 e. The number of ketones is 1. The van der Waals surface area contributed by atoms with Crippen LogP contribution < -0.4 is 4.74 Å². The van der Waals surface area contributed by atoms with Crippen molar-refractivity contribution in [1.29, 1.82) is 0 Å². The van der Waals surface area contributed by atoms with Crippen LogP contribution in [0.2, 0.25) is 0 Å². The maximum Gasteiger partial charge on any atom is 0.341 e. The molecule has 0 bridgehead atoms. The Hall–Kier alpha value is -1.84. The topological polar surface area (TPSA) is 52.6 Å². The quantitative estimate of drug-likeness (QED) is 0.575. The first-order valence-electron chi connectivity index (χ1n) is 6.11. The molecule has 0 unspecified atom stereocenters. The summed E-state index contributed by atoms with van der Waals surface area (Å²) in [6.07, 6.45) is 0.399. The van der Waals surface area contributed by atoms with Gasteiger partial charge in [0.25, 0.3) is 0 Å². The fourth-order valence-corrected chi connectivity index (χ4v) is 1.56. The lowest BCUT2D eigenvalue weighted by Crippen LogP contribution is -2.09. The van der Waals surface area contributed by atoms with Crippen molar-refractivity contribution in [2.24, 2.45) is 0 Å². The Balaban J connectivity index is 3.14. The molecule has 0 heterocycles. The minimum atomic E-state index is -0.466. The number of esters is 1. The highest BCUT2D eigenvalue weighted by Crippen LogP contribution is 2.22. The average Bonchev–Trinajstić information content (AvgIpc) is 2.39. The lowest BCUT2D eigenvalue weighted by Gasteiger charge is -2.10. The minimum absolute atomic E-state index is 0.0106. The fraction of sp³-hybridized carbons (Fsp3) is 0.429. The van der Waals surface area contributed by atoms with Gasteiger partial charge in [0.2, 0.25) is 0 Å². The third-order valence-corrected chi connectivity index (χ3v) is 2.42. The van der Waals surface area contributed by atoms with E-state index in [0.29, 0.717) is 29.9 Å². The molecule has 1 rings (SSSR count). The van der Waals surface area contributed by atoms with Crippen molar-refractivity contribution in [1.82, 2.24) is 0 Å². The first-order valence-corrected chi connectivity index (χ1v) is 6.11. The highest BCUT2D eigenvalue weighted by atomic mass is 16.5. The highest BCUT2D eigenvalue weighted by Gasteiger charge is 2.16. The molecule has 0 saturated carbocycles. The number of hydrogen-bond acceptors (Lipinski definition) is 4. The van der Waals surface area contributed by atoms with Gasteiger partial charge < -0.3 is 9.47 Å². The molecule has 0 aliphatic carbocycles. The van der Waals surface area contributed by atoms with Crippen molar-refractivity contribution in [2.45, 2.75) is 27.2 Å². The predicted molar refractivity (Wildman–Crippen MR) is 68.2 cm³/mol. The van der Waals surface area contributed by atoms with Gasteiger partial charge in [-0.05, 0) is 32.0 Å². The average molecular weight is 250 g/mol. The molecule has 0 aromatic heterocycles. The van der Waals surface area contributed by atoms with Crippen molar-refractivity contribution in [3.05, 3.63) is 29.3 Å². The second-order valence-electron chi connectivity index (χ2n) is 3.64. The molecular formula is C14H18O4. The Morgan fingerprint density at radius 3 is 2.39 bits per heavy atom. The maximum absolute atomic E-state index is 11.8. The standard InChI is InChI=1S/C14H18O4/c1-4-12(15)10-7-8-13(17-5-2)11(9-10)14(16)18-6-3/h7-9H,4-6H2,1-3H3. The SMILES string of the molecule is CCOC(=O)c1cc(C(=O)CC)ccc1OCC. The molecule has 0 aliphatic rings. The van der Waals surface area contributed by atoms with Crippen LogP contribution in [-0.2, 0) is 4.74 Å². The molecule has 0 N–H and O–H groups in total. The van der Waals surface area contributed by atoms with Gasteiger partial charge in [0.1, 0.15) is 11.3 Å². The molecule has 0 amide bonds. The third kappa shape index (κ3) is 3.32. The van der Waals surface area contributed by atoms with E-state index >= 15 is 0 Å². The monoisotopic (exact) mass is 250 g/mol. The molecule has 1 aromatic rings. The van der Waals surface area contributed by atoms with Gasteiger partial charge in [-0.3, -0.25) is 4.79 Å². The Morgan fingerprint density at radius 2 is 1.83 bits per heavy atom. The van der Waals surface area contributed by atoms with E-state index in [-0.39, 0.29) is 12.4 Å². The van der Waals surface area contributed by atoms with Gasteiger partial charge in [0, 0.05) is 12.0 Å². The normalized spacial score (nSPS) is 9.94. The smallest absolute Gasteiger partial charge is 0.341 e. The summed E-state index contributed by atoms with van der Waals surface area (Å²) < 4.78 is 10.3. The van der Waals surface area contributed by atoms with Crippen LogP contribution in [0.15, 0.2) is 18.2 Å². The van der Waals surface area contributed by atoms with E-state index in [1.54, 1.807) is 26.0 Å². The molecule has 4 heteroatoms. The van der Waals surface area contributed by atoms with Crippen molar-refractivity contribution in [3.63, 3.8) is 0 Å². The van der Waals surface area contributed by atoms with E-state index in [9.17, 15) is 9.59 Å². The number of hydrogen-bond donors (Lipinski definition) is 0. The molecule has 0 saturated heterocycles. The zero-order valence-electron chi connectivity index (χ0n) is 11.0. The van der Waals surface area contributed by atoms with Crippen LogP contribution in [0.5, 0.6) is 5.75 Å². The molecule has 98 valence electrons. The second kappa shape index (κ2) is 6.79. The summed E-state index contributed by atoms with van der Waals surface area (Å²) in [7, 11) is 0. The van der Waals surface area contributed by atoms with E-state index < -0.39 is 5.97 Å². The second-order valence-corrected chi connectivity index (χ2v) is 3.64. The Bertz CT molecular complexity index is 437. The lowest BCUT2D eigenvalue weighted by atomic mass is 10.0. The van der Waals surface area contributed by atoms with E-state index in [1.807, 2.05) is 6.92 Å². The molecule has 4 nitrogen and oxygen atoms in total. The summed E-state index contributed by atoms with van der Waals surface area (Å²) in [4.78, 5) is 23.4. The Kier molecular flexibility index (Phi) is 5.36. The van der Waals surface area contributed by atoms with Crippen LogP contribution in [0, 0.1) is 0 Å². The lowest BCUT2D eigenvalue weighted by molar-refractivity contribution is 0.0522. The Labute approximate surface area is 107 Å². The Morgan fingerprint density at radius 1 is 1.11 bits per heavy atom. The van der Waals surface area contributed by atoms with E-state index in [1.165, 1.54) is 6.07 Å². The van der Waals surface area contributed by atoms with Crippen LogP contribution in [-0.4, -0.2) is 25.0 Å². The summed E-state index contributed by atoms with van der Waals surface area (Å²) in [5.74, 6) is -0.0288. The predicted octanol–water partition coefficient (Wildman–Crippen LogP) is 2.85. The molecule has 0 aliphatic heterocycles. The van der Waals surface area contributed by atoms with Crippen molar-refractivity contribution >= 4 is 11.8 Å². The number of carbonyl (C=O) groups is 2. The third-order valence-electron chi connectivity index (χ3n) is 2.42. The van der Waals surface area contributed by atoms with Crippen molar-refractivity contribution in [2.75, 3.05) is 13.2 Å². The number of rotatable bonds is 6. The summed E-state index contributed by atoms with van der Waals surface area (Å²) in [6.45, 7) is 6.09. The number of benzene rings is 1. The van der Waals surface area contributed by atoms with Gasteiger partial charge >= 0.3 is 5.97 Å². The van der Waals surface area contributed by atoms with Gasteiger partial charge in [-0.15, -0.1) is 0 Å². The highest BCUT2D eigenvalue weighted by molar-refractivity contribution is 6.00. The van der Waals surface area contributed by atoms with Crippen LogP contribution in [0.1, 0.15) is 47.9 Å². The zero-order chi connectivity index (χ0) is 13.5. The van der Waals surface area contributed by atoms with E-state index in [4.69, 9.17) is 9.47 Å². The summed E-state index contributed by atoms with van der Waals surface area (Å²) in [6, 6.07) is 4.84. The molecule has 0 fully saturated rings. The van der Waals surface area contributed by atoms with Crippen LogP contribution in [0.3, 0.4) is 0 Å². The molecule has 0 spiro atoms. The molecule has 0 atom stereocenters. The zero-order valence-corrected chi connectivity index (χ0v) is 11.0. The molecule has 1 aromatic carbocycles. The largest absolute Gasteiger partial charge is 0.493 e. The number of ether oxygens (including phenoxy) is 2. The number of carbonyl (C=O) groups excluding carboxylic acids is 2. The van der Waals surface area contributed by atoms with Gasteiger partial charge in [-0.25, -0.2) is 4.79 Å². The van der Waals surface area contributed by atoms with Gasteiger partial charge in [-0.1, -0.05) is 6.92 Å². The molecule has 0 radical (unpaired) electrons. The van der Waals surface area contributed by atoms with Crippen molar-refractivity contribution < 1.29 is 19.1 Å². The summed E-state index contributed by atoms with van der Waals surface area (Å²) >= 11 is 0. The molecular weight excluding hydrogens is 232 g/mol.